The highest BCUT2D eigenvalue weighted by Gasteiger charge is 2.36. The Bertz CT molecular complexity index is 926. The van der Waals surface area contributed by atoms with E-state index < -0.39 is 44.6 Å². The minimum Gasteiger partial charge on any atom is -0.379 e. The third-order valence-electron chi connectivity index (χ3n) is 5.09. The molecule has 2 saturated heterocycles. The maximum Gasteiger partial charge on any atom is 0.309 e. The van der Waals surface area contributed by atoms with Crippen LogP contribution in [0.25, 0.3) is 0 Å². The molecule has 2 heterocycles. The molecule has 0 aliphatic carbocycles. The third-order valence-corrected chi connectivity index (χ3v) is 7.00. The van der Waals surface area contributed by atoms with Crippen molar-refractivity contribution in [1.82, 2.24) is 19.8 Å². The number of amides is 2. The molecule has 1 aromatic carbocycles. The Morgan fingerprint density at radius 1 is 1.06 bits per heavy atom. The maximum absolute atomic E-state index is 14.1. The molecule has 3 rings (SSSR count). The molecule has 2 amide bonds. The summed E-state index contributed by atoms with van der Waals surface area (Å²) in [4.78, 5) is 25.4. The number of nitrogens with zero attached hydrogens (tertiary/aromatic N) is 2. The second-order valence-electron chi connectivity index (χ2n) is 7.29. The number of halogens is 2. The van der Waals surface area contributed by atoms with Gasteiger partial charge in [-0.1, -0.05) is 0 Å². The Morgan fingerprint density at radius 3 is 2.53 bits per heavy atom. The number of hydrogen-bond donors (Lipinski definition) is 2. The molecule has 0 saturated carbocycles. The third kappa shape index (κ3) is 6.19. The molecule has 0 spiro atoms. The Hall–Kier alpha value is -2.19. The fraction of sp³-hybridized carbons (Fsp3) is 0.579. The van der Waals surface area contributed by atoms with E-state index in [1.165, 1.54) is 0 Å². The average Bonchev–Trinajstić information content (AvgIpc) is 2.79. The molecule has 2 fully saturated rings. The number of sulfonamides is 1. The molecule has 0 radical (unpaired) electrons. The van der Waals surface area contributed by atoms with Crippen LogP contribution in [-0.4, -0.2) is 94.8 Å². The van der Waals surface area contributed by atoms with Crippen molar-refractivity contribution >= 4 is 21.8 Å². The Labute approximate surface area is 184 Å². The molecule has 10 nitrogen and oxygen atoms in total. The number of rotatable bonds is 7. The molecule has 2 aliphatic heterocycles. The summed E-state index contributed by atoms with van der Waals surface area (Å²) in [6.45, 7) is 3.45. The van der Waals surface area contributed by atoms with Gasteiger partial charge in [0, 0.05) is 32.7 Å². The summed E-state index contributed by atoms with van der Waals surface area (Å²) in [6.07, 6.45) is -0.829. The van der Waals surface area contributed by atoms with E-state index in [9.17, 15) is 26.8 Å². The van der Waals surface area contributed by atoms with Gasteiger partial charge in [0.1, 0.15) is 22.8 Å². The number of carbonyl (C=O) groups is 2. The molecule has 32 heavy (non-hydrogen) atoms. The maximum atomic E-state index is 14.1. The van der Waals surface area contributed by atoms with Crippen LogP contribution in [0.1, 0.15) is 6.42 Å². The van der Waals surface area contributed by atoms with Gasteiger partial charge in [-0.25, -0.2) is 17.2 Å². The zero-order valence-corrected chi connectivity index (χ0v) is 18.2. The molecular formula is C19H26F2N4O6S. The molecule has 0 unspecified atom stereocenters. The zero-order chi connectivity index (χ0) is 23.1. The predicted octanol–water partition coefficient (Wildman–Crippen LogP) is -0.733. The van der Waals surface area contributed by atoms with Crippen molar-refractivity contribution < 1.29 is 36.3 Å². The summed E-state index contributed by atoms with van der Waals surface area (Å²) in [5, 5.41) is 4.84. The topological polar surface area (TPSA) is 117 Å². The van der Waals surface area contributed by atoms with E-state index in [-0.39, 0.29) is 26.2 Å². The summed E-state index contributed by atoms with van der Waals surface area (Å²) < 4.78 is 64.9. The highest BCUT2D eigenvalue weighted by molar-refractivity contribution is 7.89. The Balaban J connectivity index is 1.55. The van der Waals surface area contributed by atoms with E-state index in [2.05, 4.69) is 15.5 Å². The SMILES string of the molecule is O=C(NCCN1CCOCC1)C(=O)NC[C@H]1OCCCN1S(=O)(=O)c1cc(F)ccc1F. The van der Waals surface area contributed by atoms with Gasteiger partial charge >= 0.3 is 11.8 Å². The van der Waals surface area contributed by atoms with E-state index in [1.807, 2.05) is 0 Å². The first-order valence-corrected chi connectivity index (χ1v) is 11.7. The molecule has 0 bridgehead atoms. The van der Waals surface area contributed by atoms with Crippen LogP contribution in [0.15, 0.2) is 23.1 Å². The lowest BCUT2D eigenvalue weighted by Gasteiger charge is -2.34. The van der Waals surface area contributed by atoms with Crippen LogP contribution in [0.3, 0.4) is 0 Å². The largest absolute Gasteiger partial charge is 0.379 e. The first-order chi connectivity index (χ1) is 15.3. The molecular weight excluding hydrogens is 450 g/mol. The van der Waals surface area contributed by atoms with Gasteiger partial charge in [-0.2, -0.15) is 4.31 Å². The summed E-state index contributed by atoms with van der Waals surface area (Å²) in [5.74, 6) is -3.81. The van der Waals surface area contributed by atoms with E-state index >= 15 is 0 Å². The minimum absolute atomic E-state index is 0.00936. The summed E-state index contributed by atoms with van der Waals surface area (Å²) >= 11 is 0. The Kier molecular flexibility index (Phi) is 8.48. The number of benzene rings is 1. The van der Waals surface area contributed by atoms with Crippen LogP contribution < -0.4 is 10.6 Å². The van der Waals surface area contributed by atoms with Crippen molar-refractivity contribution in [3.05, 3.63) is 29.8 Å². The number of ether oxygens (including phenoxy) is 2. The van der Waals surface area contributed by atoms with E-state index in [4.69, 9.17) is 9.47 Å². The first kappa shape index (κ1) is 24.5. The van der Waals surface area contributed by atoms with Gasteiger partial charge in [0.2, 0.25) is 10.0 Å². The lowest BCUT2D eigenvalue weighted by Crippen LogP contribution is -2.53. The predicted molar refractivity (Wildman–Crippen MR) is 108 cm³/mol. The fourth-order valence-corrected chi connectivity index (χ4v) is 5.04. The van der Waals surface area contributed by atoms with Crippen molar-refractivity contribution in [3.63, 3.8) is 0 Å². The van der Waals surface area contributed by atoms with Crippen LogP contribution in [0.4, 0.5) is 8.78 Å². The highest BCUT2D eigenvalue weighted by Crippen LogP contribution is 2.24. The smallest absolute Gasteiger partial charge is 0.309 e. The molecule has 178 valence electrons. The normalized spacial score (nSPS) is 20.6. The number of nitrogens with one attached hydrogen (secondary N) is 2. The summed E-state index contributed by atoms with van der Waals surface area (Å²) in [7, 11) is -4.43. The van der Waals surface area contributed by atoms with Crippen molar-refractivity contribution in [1.29, 1.82) is 0 Å². The van der Waals surface area contributed by atoms with Crippen molar-refractivity contribution in [2.24, 2.45) is 0 Å². The minimum atomic E-state index is -4.43. The monoisotopic (exact) mass is 476 g/mol. The molecule has 0 aromatic heterocycles. The molecule has 13 heteroatoms. The van der Waals surface area contributed by atoms with Crippen molar-refractivity contribution in [2.75, 3.05) is 59.1 Å². The second kappa shape index (κ2) is 11.1. The van der Waals surface area contributed by atoms with E-state index in [0.717, 1.165) is 29.5 Å². The van der Waals surface area contributed by atoms with Crippen LogP contribution in [0, 0.1) is 11.6 Å². The molecule has 2 aliphatic rings. The van der Waals surface area contributed by atoms with Crippen LogP contribution in [-0.2, 0) is 29.1 Å². The van der Waals surface area contributed by atoms with E-state index in [1.54, 1.807) is 0 Å². The van der Waals surface area contributed by atoms with Crippen LogP contribution >= 0.6 is 0 Å². The quantitative estimate of drug-likeness (QED) is 0.498. The number of morpholine rings is 1. The highest BCUT2D eigenvalue weighted by atomic mass is 32.2. The second-order valence-corrected chi connectivity index (χ2v) is 9.15. The average molecular weight is 477 g/mol. The number of carbonyl (C=O) groups excluding carboxylic acids is 2. The van der Waals surface area contributed by atoms with Crippen molar-refractivity contribution in [3.8, 4) is 0 Å². The molecule has 2 N–H and O–H groups in total. The van der Waals surface area contributed by atoms with Crippen LogP contribution in [0.2, 0.25) is 0 Å². The van der Waals surface area contributed by atoms with Gasteiger partial charge < -0.3 is 20.1 Å². The lowest BCUT2D eigenvalue weighted by molar-refractivity contribution is -0.140. The molecule has 1 atom stereocenters. The van der Waals surface area contributed by atoms with Gasteiger partial charge in [0.25, 0.3) is 0 Å². The van der Waals surface area contributed by atoms with Gasteiger partial charge in [0.05, 0.1) is 26.4 Å². The number of hydrogen-bond acceptors (Lipinski definition) is 7. The summed E-state index contributed by atoms with van der Waals surface area (Å²) in [6, 6.07) is 2.14. The first-order valence-electron chi connectivity index (χ1n) is 10.2. The van der Waals surface area contributed by atoms with Gasteiger partial charge in [-0.3, -0.25) is 14.5 Å². The standard InChI is InChI=1S/C19H26F2N4O6S/c20-14-2-3-15(21)16(12-14)32(28,29)25-5-1-9-31-17(25)13-23-19(27)18(26)22-4-6-24-7-10-30-11-8-24/h2-3,12,17H,1,4-11,13H2,(H,22,26)(H,23,27)/t17-/m1/s1. The van der Waals surface area contributed by atoms with Gasteiger partial charge in [0.15, 0.2) is 0 Å². The lowest BCUT2D eigenvalue weighted by atomic mass is 10.3. The van der Waals surface area contributed by atoms with Crippen LogP contribution in [0.5, 0.6) is 0 Å². The molecule has 1 aromatic rings. The van der Waals surface area contributed by atoms with Gasteiger partial charge in [-0.05, 0) is 24.6 Å². The zero-order valence-electron chi connectivity index (χ0n) is 17.4. The van der Waals surface area contributed by atoms with Crippen molar-refractivity contribution in [2.45, 2.75) is 17.5 Å². The summed E-state index contributed by atoms with van der Waals surface area (Å²) in [5.41, 5.74) is 0. The van der Waals surface area contributed by atoms with E-state index in [0.29, 0.717) is 32.2 Å². The Morgan fingerprint density at radius 2 is 1.78 bits per heavy atom. The fourth-order valence-electron chi connectivity index (χ4n) is 3.40. The van der Waals surface area contributed by atoms with Gasteiger partial charge in [-0.15, -0.1) is 0 Å².